The Morgan fingerprint density at radius 3 is 1.19 bits per heavy atom. The van der Waals surface area contributed by atoms with Gasteiger partial charge in [0.1, 0.15) is 0 Å². The van der Waals surface area contributed by atoms with Gasteiger partial charge < -0.3 is 4.90 Å². The van der Waals surface area contributed by atoms with E-state index in [1.165, 1.54) is 99.4 Å². The minimum absolute atomic E-state index is 0.115. The van der Waals surface area contributed by atoms with E-state index >= 15 is 0 Å². The molecule has 0 amide bonds. The molecular weight excluding hydrogens is 759 g/mol. The third-order valence-corrected chi connectivity index (χ3v) is 14.3. The van der Waals surface area contributed by atoms with Gasteiger partial charge in [-0.15, -0.1) is 0 Å². The van der Waals surface area contributed by atoms with Crippen LogP contribution in [0.25, 0.3) is 77.2 Å². The van der Waals surface area contributed by atoms with E-state index in [9.17, 15) is 0 Å². The third kappa shape index (κ3) is 5.69. The second kappa shape index (κ2) is 14.0. The van der Waals surface area contributed by atoms with E-state index in [1.807, 2.05) is 0 Å². The van der Waals surface area contributed by atoms with Crippen LogP contribution in [0.4, 0.5) is 17.1 Å². The predicted octanol–water partition coefficient (Wildman–Crippen LogP) is 17.1. The molecule has 0 fully saturated rings. The molecule has 0 atom stereocenters. The molecule has 2 aliphatic carbocycles. The van der Waals surface area contributed by atoms with E-state index in [1.54, 1.807) is 0 Å². The molecule has 1 nitrogen and oxygen atoms in total. The van der Waals surface area contributed by atoms with Crippen LogP contribution in [0.2, 0.25) is 0 Å². The summed E-state index contributed by atoms with van der Waals surface area (Å²) in [5, 5.41) is 5.01. The van der Waals surface area contributed by atoms with E-state index < -0.39 is 0 Å². The van der Waals surface area contributed by atoms with E-state index in [4.69, 9.17) is 0 Å². The Morgan fingerprint density at radius 2 is 0.667 bits per heavy atom. The first-order valence-electron chi connectivity index (χ1n) is 22.3. The molecule has 0 N–H and O–H groups in total. The maximum Gasteiger partial charge on any atom is 0.0465 e. The van der Waals surface area contributed by atoms with Crippen molar-refractivity contribution in [3.05, 3.63) is 235 Å². The fourth-order valence-electron chi connectivity index (χ4n) is 11.1. The highest BCUT2D eigenvalue weighted by Gasteiger charge is 2.37. The summed E-state index contributed by atoms with van der Waals surface area (Å²) < 4.78 is 0. The topological polar surface area (TPSA) is 3.24 Å². The molecule has 2 aliphatic rings. The summed E-state index contributed by atoms with van der Waals surface area (Å²) >= 11 is 0. The van der Waals surface area contributed by atoms with Crippen molar-refractivity contribution in [2.45, 2.75) is 38.5 Å². The Labute approximate surface area is 370 Å². The Morgan fingerprint density at radius 1 is 0.270 bits per heavy atom. The SMILES string of the molecule is CC1(C)c2ccccc2-c2ccc(N(c3ccc(-c4c5ccccc5c(-c5cccc(-c6ccccc6)c5)c5ccccc45)cc3)c3ccc4c(c3)C(C)(C)c3ccccc3-4)cc21. The lowest BCUT2D eigenvalue weighted by atomic mass is 9.82. The first kappa shape index (κ1) is 37.3. The van der Waals surface area contributed by atoms with Gasteiger partial charge in [-0.3, -0.25) is 0 Å². The summed E-state index contributed by atoms with van der Waals surface area (Å²) in [5.74, 6) is 0. The van der Waals surface area contributed by atoms with Crippen molar-refractivity contribution in [3.8, 4) is 55.6 Å². The summed E-state index contributed by atoms with van der Waals surface area (Å²) in [6.45, 7) is 9.48. The molecule has 1 heteroatoms. The zero-order chi connectivity index (χ0) is 42.5. The molecule has 0 radical (unpaired) electrons. The van der Waals surface area contributed by atoms with Gasteiger partial charge in [-0.05, 0) is 142 Å². The number of hydrogen-bond donors (Lipinski definition) is 0. The molecule has 0 saturated carbocycles. The number of hydrogen-bond acceptors (Lipinski definition) is 1. The average Bonchev–Trinajstić information content (AvgIpc) is 3.70. The smallest absolute Gasteiger partial charge is 0.0465 e. The second-order valence-electron chi connectivity index (χ2n) is 18.5. The molecule has 0 unspecified atom stereocenters. The van der Waals surface area contributed by atoms with Crippen molar-refractivity contribution in [2.75, 3.05) is 4.90 Å². The van der Waals surface area contributed by atoms with Gasteiger partial charge in [-0.1, -0.05) is 198 Å². The molecule has 0 heterocycles. The fraction of sp³-hybridized carbons (Fsp3) is 0.0968. The number of rotatable bonds is 6. The minimum Gasteiger partial charge on any atom is -0.310 e. The predicted molar refractivity (Wildman–Crippen MR) is 268 cm³/mol. The van der Waals surface area contributed by atoms with Crippen LogP contribution >= 0.6 is 0 Å². The van der Waals surface area contributed by atoms with Crippen molar-refractivity contribution < 1.29 is 0 Å². The van der Waals surface area contributed by atoms with Crippen molar-refractivity contribution in [1.29, 1.82) is 0 Å². The van der Waals surface area contributed by atoms with Gasteiger partial charge in [0.25, 0.3) is 0 Å². The van der Waals surface area contributed by atoms with E-state index in [-0.39, 0.29) is 10.8 Å². The monoisotopic (exact) mass is 805 g/mol. The highest BCUT2D eigenvalue weighted by Crippen LogP contribution is 2.53. The van der Waals surface area contributed by atoms with Crippen molar-refractivity contribution in [1.82, 2.24) is 0 Å². The van der Waals surface area contributed by atoms with Crippen molar-refractivity contribution in [3.63, 3.8) is 0 Å². The van der Waals surface area contributed by atoms with Crippen LogP contribution in [0.3, 0.4) is 0 Å². The third-order valence-electron chi connectivity index (χ3n) is 14.3. The highest BCUT2D eigenvalue weighted by atomic mass is 15.1. The normalized spacial score (nSPS) is 14.0. The fourth-order valence-corrected chi connectivity index (χ4v) is 11.1. The molecule has 10 aromatic carbocycles. The van der Waals surface area contributed by atoms with Crippen molar-refractivity contribution in [2.24, 2.45) is 0 Å². The van der Waals surface area contributed by atoms with Crippen LogP contribution in [0.1, 0.15) is 49.9 Å². The van der Waals surface area contributed by atoms with Crippen LogP contribution in [-0.2, 0) is 10.8 Å². The first-order valence-corrected chi connectivity index (χ1v) is 22.3. The number of benzene rings is 10. The quantitative estimate of drug-likeness (QED) is 0.151. The summed E-state index contributed by atoms with van der Waals surface area (Å²) in [7, 11) is 0. The first-order chi connectivity index (χ1) is 30.8. The Balaban J connectivity index is 1.02. The van der Waals surface area contributed by atoms with Gasteiger partial charge in [0.15, 0.2) is 0 Å². The molecule has 0 aliphatic heterocycles. The van der Waals surface area contributed by atoms with Gasteiger partial charge >= 0.3 is 0 Å². The lowest BCUT2D eigenvalue weighted by Crippen LogP contribution is -2.18. The standard InChI is InChI=1S/C62H47N/c1-61(2)55-27-14-12-21-47(55)49-35-33-45(38-57(49)61)63(46-34-36-50-48-22-13-15-28-56(48)62(3,4)58(50)39-46)44-31-29-41(30-32-44)59-51-23-8-10-25-53(51)60(54-26-11-9-24-52(54)59)43-20-16-19-42(37-43)40-17-6-5-7-18-40/h5-39H,1-4H3. The largest absolute Gasteiger partial charge is 0.310 e. The Kier molecular flexibility index (Phi) is 8.30. The maximum absolute atomic E-state index is 2.47. The molecule has 0 bridgehead atoms. The zero-order valence-corrected chi connectivity index (χ0v) is 36.2. The van der Waals surface area contributed by atoms with Crippen LogP contribution in [0, 0.1) is 0 Å². The van der Waals surface area contributed by atoms with E-state index in [0.717, 1.165) is 17.1 Å². The minimum atomic E-state index is -0.115. The summed E-state index contributed by atoms with van der Waals surface area (Å²) in [6, 6.07) is 79.1. The molecule has 63 heavy (non-hydrogen) atoms. The molecule has 300 valence electrons. The second-order valence-corrected chi connectivity index (χ2v) is 18.5. The van der Waals surface area contributed by atoms with Gasteiger partial charge in [-0.25, -0.2) is 0 Å². The summed E-state index contributed by atoms with van der Waals surface area (Å²) in [5.41, 5.74) is 21.5. The summed E-state index contributed by atoms with van der Waals surface area (Å²) in [4.78, 5) is 2.47. The van der Waals surface area contributed by atoms with E-state index in [2.05, 4.69) is 245 Å². The summed E-state index contributed by atoms with van der Waals surface area (Å²) in [6.07, 6.45) is 0. The van der Waals surface area contributed by atoms with Gasteiger partial charge in [0, 0.05) is 27.9 Å². The molecule has 12 rings (SSSR count). The molecule has 10 aromatic rings. The lowest BCUT2D eigenvalue weighted by Gasteiger charge is -2.30. The highest BCUT2D eigenvalue weighted by molar-refractivity contribution is 6.21. The van der Waals surface area contributed by atoms with Gasteiger partial charge in [-0.2, -0.15) is 0 Å². The van der Waals surface area contributed by atoms with Crippen LogP contribution in [0.15, 0.2) is 212 Å². The number of nitrogens with zero attached hydrogens (tertiary/aromatic N) is 1. The number of fused-ring (bicyclic) bond motifs is 8. The van der Waals surface area contributed by atoms with Crippen LogP contribution < -0.4 is 4.90 Å². The van der Waals surface area contributed by atoms with Gasteiger partial charge in [0.05, 0.1) is 0 Å². The molecule has 0 aromatic heterocycles. The Bertz CT molecular complexity index is 3280. The van der Waals surface area contributed by atoms with Crippen LogP contribution in [0.5, 0.6) is 0 Å². The Hall–Kier alpha value is -7.48. The van der Waals surface area contributed by atoms with Crippen LogP contribution in [-0.4, -0.2) is 0 Å². The lowest BCUT2D eigenvalue weighted by molar-refractivity contribution is 0.660. The van der Waals surface area contributed by atoms with E-state index in [0.29, 0.717) is 0 Å². The van der Waals surface area contributed by atoms with Crippen molar-refractivity contribution >= 4 is 38.6 Å². The van der Waals surface area contributed by atoms with Gasteiger partial charge in [0.2, 0.25) is 0 Å². The molecule has 0 spiro atoms. The average molecular weight is 806 g/mol. The zero-order valence-electron chi connectivity index (χ0n) is 36.2. The molecular formula is C62H47N. The number of anilines is 3. The molecule has 0 saturated heterocycles. The maximum atomic E-state index is 2.47.